The summed E-state index contributed by atoms with van der Waals surface area (Å²) in [5, 5.41) is 8.11. The van der Waals surface area contributed by atoms with Crippen LogP contribution in [0.3, 0.4) is 0 Å². The molecule has 3 aromatic rings. The molecule has 6 nitrogen and oxygen atoms in total. The first-order valence-electron chi connectivity index (χ1n) is 10.7. The highest BCUT2D eigenvalue weighted by molar-refractivity contribution is 9.10. The molecule has 1 aliphatic carbocycles. The number of carbonyl (C=O) groups is 1. The van der Waals surface area contributed by atoms with Crippen molar-refractivity contribution in [2.24, 2.45) is 11.8 Å². The standard InChI is InChI=1S/C23H26BrN5O/c1-15-4-2-3-5-18(15)20-12-21(29-22(27-20)19(24)14-26-29)25-13-16-8-10-28(11-9-16)23(30)17-6-7-17/h2-5,12,14,16-17,25H,6-11,13H2,1H3. The Morgan fingerprint density at radius 1 is 1.20 bits per heavy atom. The Morgan fingerprint density at radius 2 is 1.97 bits per heavy atom. The van der Waals surface area contributed by atoms with Crippen LogP contribution < -0.4 is 5.32 Å². The zero-order valence-electron chi connectivity index (χ0n) is 17.1. The number of nitrogens with zero attached hydrogens (tertiary/aromatic N) is 4. The predicted molar refractivity (Wildman–Crippen MR) is 121 cm³/mol. The first-order valence-corrected chi connectivity index (χ1v) is 11.5. The van der Waals surface area contributed by atoms with Gasteiger partial charge >= 0.3 is 0 Å². The number of rotatable bonds is 5. The van der Waals surface area contributed by atoms with Gasteiger partial charge in [0.2, 0.25) is 5.91 Å². The van der Waals surface area contributed by atoms with Crippen LogP contribution in [0.5, 0.6) is 0 Å². The van der Waals surface area contributed by atoms with Crippen molar-refractivity contribution in [3.8, 4) is 11.3 Å². The molecule has 1 saturated carbocycles. The molecule has 0 radical (unpaired) electrons. The van der Waals surface area contributed by atoms with E-state index >= 15 is 0 Å². The summed E-state index contributed by atoms with van der Waals surface area (Å²) in [7, 11) is 0. The number of piperidine rings is 1. The number of halogens is 1. The summed E-state index contributed by atoms with van der Waals surface area (Å²) in [6.45, 7) is 4.75. The van der Waals surface area contributed by atoms with E-state index in [0.29, 0.717) is 17.7 Å². The molecule has 1 aliphatic heterocycles. The molecular weight excluding hydrogens is 442 g/mol. The molecule has 156 valence electrons. The zero-order valence-corrected chi connectivity index (χ0v) is 18.7. The Labute approximate surface area is 184 Å². The zero-order chi connectivity index (χ0) is 20.7. The number of likely N-dealkylation sites (tertiary alicyclic amines) is 1. The van der Waals surface area contributed by atoms with Crippen LogP contribution in [0, 0.1) is 18.8 Å². The Bertz CT molecular complexity index is 1080. The lowest BCUT2D eigenvalue weighted by Crippen LogP contribution is -2.40. The molecule has 2 aliphatic rings. The minimum absolute atomic E-state index is 0.322. The van der Waals surface area contributed by atoms with E-state index in [1.165, 1.54) is 5.56 Å². The largest absolute Gasteiger partial charge is 0.370 e. The second-order valence-electron chi connectivity index (χ2n) is 8.49. The fraction of sp³-hybridized carbons (Fsp3) is 0.435. The van der Waals surface area contributed by atoms with Gasteiger partial charge in [0, 0.05) is 37.2 Å². The van der Waals surface area contributed by atoms with Gasteiger partial charge in [-0.2, -0.15) is 9.61 Å². The summed E-state index contributed by atoms with van der Waals surface area (Å²) >= 11 is 3.58. The number of aromatic nitrogens is 3. The van der Waals surface area contributed by atoms with Crippen molar-refractivity contribution in [2.45, 2.75) is 32.6 Å². The van der Waals surface area contributed by atoms with E-state index in [-0.39, 0.29) is 0 Å². The van der Waals surface area contributed by atoms with Gasteiger partial charge in [-0.25, -0.2) is 4.98 Å². The number of anilines is 1. The maximum Gasteiger partial charge on any atom is 0.225 e. The molecule has 0 spiro atoms. The summed E-state index contributed by atoms with van der Waals surface area (Å²) in [4.78, 5) is 19.2. The molecule has 5 rings (SSSR count). The van der Waals surface area contributed by atoms with Crippen molar-refractivity contribution < 1.29 is 4.79 Å². The summed E-state index contributed by atoms with van der Waals surface area (Å²) in [6, 6.07) is 10.4. The summed E-state index contributed by atoms with van der Waals surface area (Å²) in [5.41, 5.74) is 4.07. The number of benzene rings is 1. The minimum atomic E-state index is 0.322. The van der Waals surface area contributed by atoms with Gasteiger partial charge in [0.05, 0.1) is 16.4 Å². The third-order valence-corrected chi connectivity index (χ3v) is 6.83. The second kappa shape index (κ2) is 8.02. The molecular formula is C23H26BrN5O. The van der Waals surface area contributed by atoms with Crippen molar-refractivity contribution in [1.29, 1.82) is 0 Å². The number of amides is 1. The van der Waals surface area contributed by atoms with Gasteiger partial charge in [-0.05, 0) is 60.0 Å². The van der Waals surface area contributed by atoms with Crippen LogP contribution in [0.4, 0.5) is 5.82 Å². The molecule has 1 amide bonds. The molecule has 1 aromatic carbocycles. The lowest BCUT2D eigenvalue weighted by molar-refractivity contribution is -0.133. The fourth-order valence-corrected chi connectivity index (χ4v) is 4.60. The van der Waals surface area contributed by atoms with Crippen molar-refractivity contribution in [3.05, 3.63) is 46.6 Å². The minimum Gasteiger partial charge on any atom is -0.370 e. The van der Waals surface area contributed by atoms with Crippen LogP contribution >= 0.6 is 15.9 Å². The molecule has 0 atom stereocenters. The van der Waals surface area contributed by atoms with E-state index in [9.17, 15) is 4.79 Å². The molecule has 2 aromatic heterocycles. The van der Waals surface area contributed by atoms with Crippen molar-refractivity contribution in [1.82, 2.24) is 19.5 Å². The molecule has 2 fully saturated rings. The predicted octanol–water partition coefficient (Wildman–Crippen LogP) is 4.53. The normalized spacial score (nSPS) is 17.5. The average Bonchev–Trinajstić information content (AvgIpc) is 3.55. The van der Waals surface area contributed by atoms with Crippen molar-refractivity contribution >= 4 is 33.3 Å². The first-order chi connectivity index (χ1) is 14.6. The maximum absolute atomic E-state index is 12.3. The summed E-state index contributed by atoms with van der Waals surface area (Å²) < 4.78 is 2.74. The number of fused-ring (bicyclic) bond motifs is 1. The first kappa shape index (κ1) is 19.5. The Balaban J connectivity index is 1.33. The summed E-state index contributed by atoms with van der Waals surface area (Å²) in [6.07, 6.45) is 6.05. The summed E-state index contributed by atoms with van der Waals surface area (Å²) in [5.74, 6) is 2.20. The lowest BCUT2D eigenvalue weighted by Gasteiger charge is -2.32. The average molecular weight is 468 g/mol. The highest BCUT2D eigenvalue weighted by atomic mass is 79.9. The number of hydrogen-bond donors (Lipinski definition) is 1. The number of carbonyl (C=O) groups excluding carboxylic acids is 1. The number of aryl methyl sites for hydroxylation is 1. The van der Waals surface area contributed by atoms with Gasteiger partial charge in [0.15, 0.2) is 5.65 Å². The third kappa shape index (κ3) is 3.83. The quantitative estimate of drug-likeness (QED) is 0.598. The lowest BCUT2D eigenvalue weighted by atomic mass is 9.96. The maximum atomic E-state index is 12.3. The van der Waals surface area contributed by atoms with E-state index in [1.54, 1.807) is 6.20 Å². The molecule has 3 heterocycles. The van der Waals surface area contributed by atoms with Gasteiger partial charge in [-0.1, -0.05) is 24.3 Å². The monoisotopic (exact) mass is 467 g/mol. The van der Waals surface area contributed by atoms with Gasteiger partial charge < -0.3 is 10.2 Å². The van der Waals surface area contributed by atoms with Crippen LogP contribution in [-0.2, 0) is 4.79 Å². The highest BCUT2D eigenvalue weighted by Gasteiger charge is 2.34. The van der Waals surface area contributed by atoms with Crippen LogP contribution in [-0.4, -0.2) is 45.0 Å². The fourth-order valence-electron chi connectivity index (χ4n) is 4.26. The van der Waals surface area contributed by atoms with Gasteiger partial charge in [-0.3, -0.25) is 4.79 Å². The van der Waals surface area contributed by atoms with Crippen molar-refractivity contribution in [3.63, 3.8) is 0 Å². The molecule has 0 unspecified atom stereocenters. The molecule has 7 heteroatoms. The Hall–Kier alpha value is -2.41. The van der Waals surface area contributed by atoms with Gasteiger partial charge in [0.1, 0.15) is 5.82 Å². The SMILES string of the molecule is Cc1ccccc1-c1cc(NCC2CCN(C(=O)C3CC3)CC2)n2ncc(Br)c2n1. The molecule has 0 bridgehead atoms. The van der Waals surface area contributed by atoms with E-state index in [4.69, 9.17) is 4.98 Å². The number of hydrogen-bond acceptors (Lipinski definition) is 4. The van der Waals surface area contributed by atoms with Crippen LogP contribution in [0.2, 0.25) is 0 Å². The number of nitrogens with one attached hydrogen (secondary N) is 1. The Kier molecular flexibility index (Phi) is 5.23. The van der Waals surface area contributed by atoms with Crippen molar-refractivity contribution in [2.75, 3.05) is 25.0 Å². The molecule has 1 saturated heterocycles. The van der Waals surface area contributed by atoms with E-state index < -0.39 is 0 Å². The van der Waals surface area contributed by atoms with E-state index in [1.807, 2.05) is 16.6 Å². The van der Waals surface area contributed by atoms with Crippen LogP contribution in [0.1, 0.15) is 31.2 Å². The van der Waals surface area contributed by atoms with E-state index in [2.05, 4.69) is 56.4 Å². The Morgan fingerprint density at radius 3 is 2.70 bits per heavy atom. The highest BCUT2D eigenvalue weighted by Crippen LogP contribution is 2.33. The van der Waals surface area contributed by atoms with Gasteiger partial charge in [0.25, 0.3) is 0 Å². The topological polar surface area (TPSA) is 62.5 Å². The van der Waals surface area contributed by atoms with Crippen LogP contribution in [0.15, 0.2) is 41.0 Å². The second-order valence-corrected chi connectivity index (χ2v) is 9.35. The van der Waals surface area contributed by atoms with Gasteiger partial charge in [-0.15, -0.1) is 0 Å². The third-order valence-electron chi connectivity index (χ3n) is 6.27. The van der Waals surface area contributed by atoms with E-state index in [0.717, 1.165) is 72.5 Å². The molecule has 30 heavy (non-hydrogen) atoms. The van der Waals surface area contributed by atoms with Crippen LogP contribution in [0.25, 0.3) is 16.9 Å². The molecule has 1 N–H and O–H groups in total. The smallest absolute Gasteiger partial charge is 0.225 e.